The molecule has 0 aromatic heterocycles. The van der Waals surface area contributed by atoms with E-state index in [0.717, 1.165) is 31.8 Å². The first-order chi connectivity index (χ1) is 8.61. The third-order valence-corrected chi connectivity index (χ3v) is 4.27. The predicted octanol–water partition coefficient (Wildman–Crippen LogP) is 1.45. The third kappa shape index (κ3) is 3.69. The molecule has 0 aromatic carbocycles. The average Bonchev–Trinajstić information content (AvgIpc) is 2.34. The first kappa shape index (κ1) is 13.8. The van der Waals surface area contributed by atoms with Gasteiger partial charge in [0.05, 0.1) is 5.60 Å². The molecule has 0 radical (unpaired) electrons. The van der Waals surface area contributed by atoms with Crippen LogP contribution in [-0.4, -0.2) is 37.2 Å². The fourth-order valence-electron chi connectivity index (χ4n) is 2.88. The first-order valence-electron chi connectivity index (χ1n) is 7.25. The van der Waals surface area contributed by atoms with Crippen molar-refractivity contribution >= 4 is 5.91 Å². The van der Waals surface area contributed by atoms with Crippen molar-refractivity contribution in [2.24, 2.45) is 5.92 Å². The van der Waals surface area contributed by atoms with Crippen LogP contribution in [0, 0.1) is 5.92 Å². The molecule has 4 nitrogen and oxygen atoms in total. The van der Waals surface area contributed by atoms with Crippen molar-refractivity contribution in [1.29, 1.82) is 0 Å². The minimum Gasteiger partial charge on any atom is -0.363 e. The molecule has 2 unspecified atom stereocenters. The zero-order chi connectivity index (χ0) is 13.0. The number of rotatable bonds is 5. The molecular weight excluding hydrogens is 228 g/mol. The molecule has 18 heavy (non-hydrogen) atoms. The summed E-state index contributed by atoms with van der Waals surface area (Å²) in [6, 6.07) is 0.368. The minimum absolute atomic E-state index is 0.0462. The Bertz CT molecular complexity index is 290. The number of hydrogen-bond acceptors (Lipinski definition) is 3. The molecule has 1 aliphatic heterocycles. The Labute approximate surface area is 110 Å². The molecule has 1 heterocycles. The number of ether oxygens (including phenoxy) is 1. The Morgan fingerprint density at radius 3 is 2.83 bits per heavy atom. The molecule has 1 saturated carbocycles. The van der Waals surface area contributed by atoms with Gasteiger partial charge in [-0.25, -0.2) is 0 Å². The van der Waals surface area contributed by atoms with E-state index < -0.39 is 0 Å². The summed E-state index contributed by atoms with van der Waals surface area (Å²) in [7, 11) is 0. The zero-order valence-corrected chi connectivity index (χ0v) is 11.6. The van der Waals surface area contributed by atoms with Crippen LogP contribution in [0.2, 0.25) is 0 Å². The second-order valence-electron chi connectivity index (χ2n) is 6.05. The van der Waals surface area contributed by atoms with Gasteiger partial charge in [-0.15, -0.1) is 0 Å². The maximum atomic E-state index is 11.8. The lowest BCUT2D eigenvalue weighted by Crippen LogP contribution is -2.59. The topological polar surface area (TPSA) is 50.4 Å². The third-order valence-electron chi connectivity index (χ3n) is 4.27. The Kier molecular flexibility index (Phi) is 4.62. The van der Waals surface area contributed by atoms with Gasteiger partial charge in [-0.05, 0) is 25.7 Å². The number of hydrogen-bond donors (Lipinski definition) is 2. The van der Waals surface area contributed by atoms with Gasteiger partial charge < -0.3 is 15.4 Å². The Morgan fingerprint density at radius 2 is 2.22 bits per heavy atom. The molecule has 0 spiro atoms. The lowest BCUT2D eigenvalue weighted by molar-refractivity contribution is -0.136. The number of carbonyl (C=O) groups is 1. The molecular formula is C14H26N2O2. The maximum Gasteiger partial charge on any atom is 0.246 e. The quantitative estimate of drug-likeness (QED) is 0.781. The fraction of sp³-hybridized carbons (Fsp3) is 0.929. The Hall–Kier alpha value is -0.610. The van der Waals surface area contributed by atoms with Crippen LogP contribution in [0.5, 0.6) is 0 Å². The van der Waals surface area contributed by atoms with Crippen LogP contribution in [0.15, 0.2) is 0 Å². The van der Waals surface area contributed by atoms with Gasteiger partial charge in [-0.2, -0.15) is 0 Å². The van der Waals surface area contributed by atoms with Crippen LogP contribution in [0.1, 0.15) is 46.0 Å². The van der Waals surface area contributed by atoms with Crippen molar-refractivity contribution in [1.82, 2.24) is 10.6 Å². The summed E-state index contributed by atoms with van der Waals surface area (Å²) in [5, 5.41) is 6.28. The zero-order valence-electron chi connectivity index (χ0n) is 11.6. The molecule has 1 amide bonds. The van der Waals surface area contributed by atoms with E-state index in [1.807, 2.05) is 6.92 Å². The van der Waals surface area contributed by atoms with E-state index in [0.29, 0.717) is 6.04 Å². The van der Waals surface area contributed by atoms with E-state index in [-0.39, 0.29) is 18.1 Å². The predicted molar refractivity (Wildman–Crippen MR) is 71.4 cm³/mol. The highest BCUT2D eigenvalue weighted by atomic mass is 16.5. The number of nitrogens with one attached hydrogen (secondary N) is 2. The van der Waals surface area contributed by atoms with Crippen LogP contribution in [0.25, 0.3) is 0 Å². The van der Waals surface area contributed by atoms with E-state index in [1.165, 1.54) is 19.3 Å². The summed E-state index contributed by atoms with van der Waals surface area (Å²) in [6.45, 7) is 6.18. The summed E-state index contributed by atoms with van der Waals surface area (Å²) >= 11 is 0. The molecule has 2 aliphatic rings. The number of carbonyl (C=O) groups excluding carboxylic acids is 1. The molecule has 2 N–H and O–H groups in total. The first-order valence-corrected chi connectivity index (χ1v) is 7.25. The van der Waals surface area contributed by atoms with Crippen LogP contribution < -0.4 is 10.6 Å². The van der Waals surface area contributed by atoms with Crippen LogP contribution in [-0.2, 0) is 9.53 Å². The smallest absolute Gasteiger partial charge is 0.246 e. The van der Waals surface area contributed by atoms with Crippen molar-refractivity contribution in [3.05, 3.63) is 0 Å². The minimum atomic E-state index is -0.129. The van der Waals surface area contributed by atoms with Crippen molar-refractivity contribution in [2.75, 3.05) is 19.7 Å². The largest absolute Gasteiger partial charge is 0.363 e. The fourth-order valence-corrected chi connectivity index (χ4v) is 2.88. The highest BCUT2D eigenvalue weighted by Crippen LogP contribution is 2.26. The van der Waals surface area contributed by atoms with Gasteiger partial charge in [0.25, 0.3) is 0 Å². The van der Waals surface area contributed by atoms with Gasteiger partial charge in [-0.1, -0.05) is 26.2 Å². The Balaban J connectivity index is 1.67. The monoisotopic (exact) mass is 254 g/mol. The molecule has 2 rings (SSSR count). The molecule has 4 heteroatoms. The van der Waals surface area contributed by atoms with Crippen LogP contribution >= 0.6 is 0 Å². The normalized spacial score (nSPS) is 30.6. The van der Waals surface area contributed by atoms with Gasteiger partial charge in [0.15, 0.2) is 0 Å². The maximum absolute atomic E-state index is 11.8. The number of amides is 1. The van der Waals surface area contributed by atoms with Crippen molar-refractivity contribution < 1.29 is 9.53 Å². The lowest BCUT2D eigenvalue weighted by atomic mass is 9.84. The Morgan fingerprint density at radius 1 is 1.44 bits per heavy atom. The van der Waals surface area contributed by atoms with Crippen molar-refractivity contribution in [3.8, 4) is 0 Å². The van der Waals surface area contributed by atoms with Gasteiger partial charge >= 0.3 is 0 Å². The molecule has 1 aliphatic carbocycles. The highest BCUT2D eigenvalue weighted by molar-refractivity contribution is 5.77. The summed E-state index contributed by atoms with van der Waals surface area (Å²) in [6.07, 6.45) is 6.06. The van der Waals surface area contributed by atoms with Crippen molar-refractivity contribution in [3.63, 3.8) is 0 Å². The molecule has 0 bridgehead atoms. The molecule has 104 valence electrons. The van der Waals surface area contributed by atoms with E-state index in [1.54, 1.807) is 0 Å². The molecule has 2 fully saturated rings. The van der Waals surface area contributed by atoms with Gasteiger partial charge in [0.1, 0.15) is 6.61 Å². The van der Waals surface area contributed by atoms with E-state index in [2.05, 4.69) is 17.6 Å². The average molecular weight is 254 g/mol. The SMILES string of the molecule is CCC1CCCC(NC(=O)COC2(C)CNC2)C1. The standard InChI is InChI=1S/C14H26N2O2/c1-3-11-5-4-6-12(7-11)16-13(17)8-18-14(2)9-15-10-14/h11-12,15H,3-10H2,1-2H3,(H,16,17). The summed E-state index contributed by atoms with van der Waals surface area (Å²) in [4.78, 5) is 11.8. The van der Waals surface area contributed by atoms with Gasteiger partial charge in [0, 0.05) is 19.1 Å². The molecule has 2 atom stereocenters. The highest BCUT2D eigenvalue weighted by Gasteiger charge is 2.33. The van der Waals surface area contributed by atoms with E-state index in [9.17, 15) is 4.79 Å². The second kappa shape index (κ2) is 6.02. The van der Waals surface area contributed by atoms with Crippen molar-refractivity contribution in [2.45, 2.75) is 57.6 Å². The van der Waals surface area contributed by atoms with E-state index in [4.69, 9.17) is 4.74 Å². The summed E-state index contributed by atoms with van der Waals surface area (Å²) in [5.41, 5.74) is -0.129. The second-order valence-corrected chi connectivity index (χ2v) is 6.05. The van der Waals surface area contributed by atoms with Gasteiger partial charge in [0.2, 0.25) is 5.91 Å². The lowest BCUT2D eigenvalue weighted by Gasteiger charge is -2.39. The van der Waals surface area contributed by atoms with Crippen LogP contribution in [0.4, 0.5) is 0 Å². The van der Waals surface area contributed by atoms with Crippen LogP contribution in [0.3, 0.4) is 0 Å². The van der Waals surface area contributed by atoms with E-state index >= 15 is 0 Å². The molecule has 0 aromatic rings. The molecule has 1 saturated heterocycles. The summed E-state index contributed by atoms with van der Waals surface area (Å²) in [5.74, 6) is 0.836. The summed E-state index contributed by atoms with van der Waals surface area (Å²) < 4.78 is 5.65. The van der Waals surface area contributed by atoms with Gasteiger partial charge in [-0.3, -0.25) is 4.79 Å².